The summed E-state index contributed by atoms with van der Waals surface area (Å²) in [6, 6.07) is 12.3. The van der Waals surface area contributed by atoms with Gasteiger partial charge in [0.05, 0.1) is 31.3 Å². The number of ether oxygens (including phenoxy) is 3. The van der Waals surface area contributed by atoms with Gasteiger partial charge in [-0.2, -0.15) is 0 Å². The molecule has 158 valence electrons. The summed E-state index contributed by atoms with van der Waals surface area (Å²) in [5.41, 5.74) is 1.60. The molecule has 0 radical (unpaired) electrons. The summed E-state index contributed by atoms with van der Waals surface area (Å²) < 4.78 is 21.8. The second kappa shape index (κ2) is 9.30. The van der Waals surface area contributed by atoms with E-state index in [4.69, 9.17) is 18.6 Å². The topological polar surface area (TPSA) is 81.4 Å². The van der Waals surface area contributed by atoms with Gasteiger partial charge in [0.15, 0.2) is 5.43 Å². The maximum Gasteiger partial charge on any atom is 0.200 e. The van der Waals surface area contributed by atoms with E-state index in [0.29, 0.717) is 47.8 Å². The molecule has 1 atom stereocenters. The molecule has 0 aliphatic carbocycles. The Hall–Kier alpha value is -2.87. The average molecular weight is 411 g/mol. The number of hydrogen-bond donors (Lipinski definition) is 1. The Morgan fingerprint density at radius 3 is 2.57 bits per heavy atom. The fourth-order valence-electron chi connectivity index (χ4n) is 3.49. The van der Waals surface area contributed by atoms with Crippen molar-refractivity contribution >= 4 is 11.0 Å². The minimum atomic E-state index is -0.577. The van der Waals surface area contributed by atoms with Crippen molar-refractivity contribution in [3.05, 3.63) is 59.0 Å². The van der Waals surface area contributed by atoms with Crippen molar-refractivity contribution in [2.24, 2.45) is 0 Å². The molecule has 0 bridgehead atoms. The molecule has 0 spiro atoms. The van der Waals surface area contributed by atoms with Gasteiger partial charge in [-0.05, 0) is 29.8 Å². The van der Waals surface area contributed by atoms with Crippen molar-refractivity contribution < 1.29 is 23.7 Å². The number of rotatable bonds is 7. The molecular formula is C23H25NO6. The third-order valence-electron chi connectivity index (χ3n) is 5.16. The van der Waals surface area contributed by atoms with E-state index in [9.17, 15) is 9.90 Å². The molecule has 2 heterocycles. The fraction of sp³-hybridized carbons (Fsp3) is 0.348. The second-order valence-corrected chi connectivity index (χ2v) is 7.24. The minimum absolute atomic E-state index is 0.103. The van der Waals surface area contributed by atoms with Crippen LogP contribution in [0.25, 0.3) is 22.1 Å². The Labute approximate surface area is 174 Å². The van der Waals surface area contributed by atoms with Crippen LogP contribution in [0.1, 0.15) is 0 Å². The third kappa shape index (κ3) is 4.64. The molecule has 3 aromatic rings. The van der Waals surface area contributed by atoms with Crippen LogP contribution < -0.4 is 14.9 Å². The minimum Gasteiger partial charge on any atom is -0.497 e. The van der Waals surface area contributed by atoms with Crippen molar-refractivity contribution in [1.82, 2.24) is 4.90 Å². The Morgan fingerprint density at radius 1 is 1.10 bits per heavy atom. The molecule has 1 saturated heterocycles. The zero-order chi connectivity index (χ0) is 20.9. The lowest BCUT2D eigenvalue weighted by atomic mass is 10.1. The summed E-state index contributed by atoms with van der Waals surface area (Å²) >= 11 is 0. The molecule has 0 saturated carbocycles. The SMILES string of the molecule is COc1ccc2c(=O)c(-c3ccc(OCC(O)CN4CCOCC4)cc3)coc2c1. The summed E-state index contributed by atoms with van der Waals surface area (Å²) in [4.78, 5) is 15.0. The van der Waals surface area contributed by atoms with Crippen molar-refractivity contribution in [2.75, 3.05) is 46.6 Å². The van der Waals surface area contributed by atoms with Crippen molar-refractivity contribution in [2.45, 2.75) is 6.10 Å². The normalized spacial score (nSPS) is 15.8. The zero-order valence-electron chi connectivity index (χ0n) is 16.9. The lowest BCUT2D eigenvalue weighted by Crippen LogP contribution is -2.42. The molecule has 1 unspecified atom stereocenters. The van der Waals surface area contributed by atoms with Gasteiger partial charge in [-0.1, -0.05) is 12.1 Å². The van der Waals surface area contributed by atoms with Crippen LogP contribution in [0.5, 0.6) is 11.5 Å². The molecule has 1 fully saturated rings. The summed E-state index contributed by atoms with van der Waals surface area (Å²) in [5, 5.41) is 10.7. The van der Waals surface area contributed by atoms with Crippen LogP contribution in [0.4, 0.5) is 0 Å². The lowest BCUT2D eigenvalue weighted by Gasteiger charge is -2.28. The van der Waals surface area contributed by atoms with Crippen LogP contribution in [-0.2, 0) is 4.74 Å². The van der Waals surface area contributed by atoms with Gasteiger partial charge in [-0.25, -0.2) is 0 Å². The van der Waals surface area contributed by atoms with Gasteiger partial charge >= 0.3 is 0 Å². The van der Waals surface area contributed by atoms with E-state index in [1.54, 1.807) is 37.4 Å². The largest absolute Gasteiger partial charge is 0.497 e. The number of aliphatic hydroxyl groups excluding tert-OH is 1. The fourth-order valence-corrected chi connectivity index (χ4v) is 3.49. The van der Waals surface area contributed by atoms with Gasteiger partial charge in [0.2, 0.25) is 0 Å². The highest BCUT2D eigenvalue weighted by molar-refractivity contribution is 5.82. The average Bonchev–Trinajstić information content (AvgIpc) is 2.79. The highest BCUT2D eigenvalue weighted by atomic mass is 16.5. The van der Waals surface area contributed by atoms with E-state index in [1.165, 1.54) is 6.26 Å². The molecule has 7 heteroatoms. The first-order valence-corrected chi connectivity index (χ1v) is 9.95. The van der Waals surface area contributed by atoms with Crippen LogP contribution in [-0.4, -0.2) is 62.7 Å². The first-order valence-electron chi connectivity index (χ1n) is 9.95. The van der Waals surface area contributed by atoms with Crippen LogP contribution in [0.15, 0.2) is 57.9 Å². The smallest absolute Gasteiger partial charge is 0.200 e. The first-order chi connectivity index (χ1) is 14.6. The van der Waals surface area contributed by atoms with Crippen LogP contribution in [0.3, 0.4) is 0 Å². The Balaban J connectivity index is 1.42. The number of β-amino-alcohol motifs (C(OH)–C–C–N with tert-alkyl or cyclic N) is 1. The number of benzene rings is 2. The number of aliphatic hydroxyl groups is 1. The van der Waals surface area contributed by atoms with Crippen molar-refractivity contribution in [3.8, 4) is 22.6 Å². The molecule has 30 heavy (non-hydrogen) atoms. The van der Waals surface area contributed by atoms with E-state index >= 15 is 0 Å². The van der Waals surface area contributed by atoms with Crippen LogP contribution in [0, 0.1) is 0 Å². The maximum atomic E-state index is 12.8. The Bertz CT molecular complexity index is 1040. The Morgan fingerprint density at radius 2 is 1.83 bits per heavy atom. The van der Waals surface area contributed by atoms with Gasteiger partial charge in [0, 0.05) is 25.7 Å². The molecule has 1 aromatic heterocycles. The van der Waals surface area contributed by atoms with Crippen LogP contribution >= 0.6 is 0 Å². The van der Waals surface area contributed by atoms with E-state index in [2.05, 4.69) is 4.90 Å². The number of methoxy groups -OCH3 is 1. The summed E-state index contributed by atoms with van der Waals surface area (Å²) in [5.74, 6) is 1.27. The highest BCUT2D eigenvalue weighted by Crippen LogP contribution is 2.24. The monoisotopic (exact) mass is 411 g/mol. The van der Waals surface area contributed by atoms with E-state index in [1.807, 2.05) is 12.1 Å². The highest BCUT2D eigenvalue weighted by Gasteiger charge is 2.15. The number of hydrogen-bond acceptors (Lipinski definition) is 7. The van der Waals surface area contributed by atoms with Gasteiger partial charge < -0.3 is 23.7 Å². The number of fused-ring (bicyclic) bond motifs is 1. The predicted octanol–water partition coefficient (Wildman–Crippen LogP) is 2.54. The molecule has 2 aromatic carbocycles. The molecule has 1 aliphatic rings. The van der Waals surface area contributed by atoms with Gasteiger partial charge in [0.1, 0.15) is 36.1 Å². The van der Waals surface area contributed by atoms with Gasteiger partial charge in [-0.15, -0.1) is 0 Å². The summed E-state index contributed by atoms with van der Waals surface area (Å²) in [7, 11) is 1.57. The predicted molar refractivity (Wildman–Crippen MR) is 113 cm³/mol. The van der Waals surface area contributed by atoms with Crippen molar-refractivity contribution in [3.63, 3.8) is 0 Å². The molecular weight excluding hydrogens is 386 g/mol. The molecule has 7 nitrogen and oxygen atoms in total. The van der Waals surface area contributed by atoms with E-state index in [-0.39, 0.29) is 12.0 Å². The lowest BCUT2D eigenvalue weighted by molar-refractivity contribution is 0.00466. The molecule has 4 rings (SSSR count). The number of morpholine rings is 1. The second-order valence-electron chi connectivity index (χ2n) is 7.24. The van der Waals surface area contributed by atoms with Crippen LogP contribution in [0.2, 0.25) is 0 Å². The maximum absolute atomic E-state index is 12.8. The quantitative estimate of drug-likeness (QED) is 0.640. The molecule has 1 aliphatic heterocycles. The van der Waals surface area contributed by atoms with E-state index in [0.717, 1.165) is 18.7 Å². The first kappa shape index (κ1) is 20.4. The zero-order valence-corrected chi connectivity index (χ0v) is 16.9. The third-order valence-corrected chi connectivity index (χ3v) is 5.16. The van der Waals surface area contributed by atoms with E-state index < -0.39 is 6.10 Å². The molecule has 1 N–H and O–H groups in total. The molecule has 0 amide bonds. The standard InChI is InChI=1S/C23H25NO6/c1-27-19-6-7-20-22(12-19)30-15-21(23(20)26)16-2-4-18(5-3-16)29-14-17(25)13-24-8-10-28-11-9-24/h2-7,12,15,17,25H,8-11,13-14H2,1H3. The number of nitrogens with zero attached hydrogens (tertiary/aromatic N) is 1. The van der Waals surface area contributed by atoms with Gasteiger partial charge in [-0.3, -0.25) is 9.69 Å². The van der Waals surface area contributed by atoms with Gasteiger partial charge in [0.25, 0.3) is 0 Å². The van der Waals surface area contributed by atoms with Crippen molar-refractivity contribution in [1.29, 1.82) is 0 Å². The summed E-state index contributed by atoms with van der Waals surface area (Å²) in [6.45, 7) is 3.82. The summed E-state index contributed by atoms with van der Waals surface area (Å²) in [6.07, 6.45) is 0.888. The Kier molecular flexibility index (Phi) is 6.32.